The lowest BCUT2D eigenvalue weighted by molar-refractivity contribution is 0.405. The van der Waals surface area contributed by atoms with Crippen LogP contribution in [0.15, 0.2) is 16.5 Å². The lowest BCUT2D eigenvalue weighted by Crippen LogP contribution is -2.44. The lowest BCUT2D eigenvalue weighted by atomic mass is 10.1. The standard InChI is InChI=1S/C11H17NOS/c1-2-10-3-4-11(13-10)8-14-7-9-5-6-12-9/h3-4,9,12H,2,5-8H2,1H3. The zero-order valence-electron chi connectivity index (χ0n) is 8.58. The van der Waals surface area contributed by atoms with E-state index in [-0.39, 0.29) is 0 Å². The van der Waals surface area contributed by atoms with Crippen molar-refractivity contribution in [2.24, 2.45) is 0 Å². The van der Waals surface area contributed by atoms with Gasteiger partial charge < -0.3 is 9.73 Å². The Labute approximate surface area is 89.4 Å². The van der Waals surface area contributed by atoms with Crippen molar-refractivity contribution in [1.82, 2.24) is 5.32 Å². The van der Waals surface area contributed by atoms with Gasteiger partial charge in [-0.25, -0.2) is 0 Å². The molecule has 3 heteroatoms. The lowest BCUT2D eigenvalue weighted by Gasteiger charge is -2.26. The third-order valence-electron chi connectivity index (χ3n) is 2.55. The summed E-state index contributed by atoms with van der Waals surface area (Å²) >= 11 is 1.96. The first kappa shape index (κ1) is 10.1. The zero-order chi connectivity index (χ0) is 9.80. The predicted octanol–water partition coefficient (Wildman–Crippen LogP) is 2.44. The van der Waals surface area contributed by atoms with Gasteiger partial charge >= 0.3 is 0 Å². The molecule has 1 atom stereocenters. The molecule has 0 amide bonds. The van der Waals surface area contributed by atoms with Crippen molar-refractivity contribution in [1.29, 1.82) is 0 Å². The highest BCUT2D eigenvalue weighted by molar-refractivity contribution is 7.98. The largest absolute Gasteiger partial charge is 0.465 e. The maximum atomic E-state index is 5.63. The topological polar surface area (TPSA) is 25.2 Å². The molecular formula is C11H17NOS. The van der Waals surface area contributed by atoms with E-state index >= 15 is 0 Å². The molecule has 1 aliphatic rings. The zero-order valence-corrected chi connectivity index (χ0v) is 9.40. The van der Waals surface area contributed by atoms with E-state index in [1.165, 1.54) is 18.7 Å². The van der Waals surface area contributed by atoms with Gasteiger partial charge in [0.15, 0.2) is 0 Å². The van der Waals surface area contributed by atoms with Crippen LogP contribution in [0.4, 0.5) is 0 Å². The molecule has 1 aliphatic heterocycles. The Morgan fingerprint density at radius 1 is 1.50 bits per heavy atom. The third kappa shape index (κ3) is 2.55. The number of thioether (sulfide) groups is 1. The van der Waals surface area contributed by atoms with Gasteiger partial charge in [0.25, 0.3) is 0 Å². The molecule has 14 heavy (non-hydrogen) atoms. The van der Waals surface area contributed by atoms with E-state index in [0.29, 0.717) is 0 Å². The van der Waals surface area contributed by atoms with Crippen molar-refractivity contribution >= 4 is 11.8 Å². The Balaban J connectivity index is 1.68. The summed E-state index contributed by atoms with van der Waals surface area (Å²) in [4.78, 5) is 0. The minimum Gasteiger partial charge on any atom is -0.465 e. The summed E-state index contributed by atoms with van der Waals surface area (Å²) in [5.41, 5.74) is 0. The Hall–Kier alpha value is -0.410. The van der Waals surface area contributed by atoms with Gasteiger partial charge in [0.2, 0.25) is 0 Å². The molecule has 1 aromatic rings. The molecule has 78 valence electrons. The summed E-state index contributed by atoms with van der Waals surface area (Å²) in [7, 11) is 0. The average Bonchev–Trinajstić information content (AvgIpc) is 2.57. The molecule has 1 saturated heterocycles. The minimum absolute atomic E-state index is 0.751. The van der Waals surface area contributed by atoms with Crippen LogP contribution in [0.25, 0.3) is 0 Å². The van der Waals surface area contributed by atoms with Gasteiger partial charge in [-0.15, -0.1) is 0 Å². The van der Waals surface area contributed by atoms with Crippen LogP contribution in [0.3, 0.4) is 0 Å². The predicted molar refractivity (Wildman–Crippen MR) is 60.7 cm³/mol. The second kappa shape index (κ2) is 4.89. The van der Waals surface area contributed by atoms with Crippen LogP contribution in [0.5, 0.6) is 0 Å². The first-order chi connectivity index (χ1) is 6.88. The fourth-order valence-corrected chi connectivity index (χ4v) is 2.53. The average molecular weight is 211 g/mol. The molecule has 0 aliphatic carbocycles. The number of rotatable bonds is 5. The molecule has 1 N–H and O–H groups in total. The van der Waals surface area contributed by atoms with Gasteiger partial charge in [0.05, 0.1) is 5.75 Å². The van der Waals surface area contributed by atoms with Gasteiger partial charge in [-0.1, -0.05) is 6.92 Å². The Morgan fingerprint density at radius 3 is 2.86 bits per heavy atom. The molecule has 1 fully saturated rings. The van der Waals surface area contributed by atoms with E-state index in [9.17, 15) is 0 Å². The Bertz CT molecular complexity index is 281. The van der Waals surface area contributed by atoms with E-state index in [1.54, 1.807) is 0 Å². The van der Waals surface area contributed by atoms with E-state index in [4.69, 9.17) is 4.42 Å². The molecule has 2 heterocycles. The van der Waals surface area contributed by atoms with Crippen molar-refractivity contribution in [3.8, 4) is 0 Å². The van der Waals surface area contributed by atoms with E-state index in [0.717, 1.165) is 29.7 Å². The second-order valence-corrected chi connectivity index (χ2v) is 4.71. The summed E-state index contributed by atoms with van der Waals surface area (Å²) < 4.78 is 5.63. The molecule has 0 radical (unpaired) electrons. The summed E-state index contributed by atoms with van der Waals surface area (Å²) in [6.07, 6.45) is 2.33. The van der Waals surface area contributed by atoms with Crippen molar-refractivity contribution in [2.45, 2.75) is 31.6 Å². The molecule has 0 bridgehead atoms. The SMILES string of the molecule is CCc1ccc(CSCC2CCN2)o1. The summed E-state index contributed by atoms with van der Waals surface area (Å²) in [6.45, 7) is 3.32. The third-order valence-corrected chi connectivity index (χ3v) is 3.68. The quantitative estimate of drug-likeness (QED) is 0.810. The van der Waals surface area contributed by atoms with Gasteiger partial charge in [0.1, 0.15) is 11.5 Å². The smallest absolute Gasteiger partial charge is 0.114 e. The number of aryl methyl sites for hydroxylation is 1. The first-order valence-corrected chi connectivity index (χ1v) is 6.42. The van der Waals surface area contributed by atoms with Crippen LogP contribution in [0.1, 0.15) is 24.9 Å². The molecule has 0 saturated carbocycles. The van der Waals surface area contributed by atoms with Gasteiger partial charge in [-0.3, -0.25) is 0 Å². The number of hydrogen-bond acceptors (Lipinski definition) is 3. The molecular weight excluding hydrogens is 194 g/mol. The van der Waals surface area contributed by atoms with Crippen LogP contribution in [0.2, 0.25) is 0 Å². The maximum Gasteiger partial charge on any atom is 0.114 e. The van der Waals surface area contributed by atoms with Crippen LogP contribution in [-0.2, 0) is 12.2 Å². The summed E-state index contributed by atoms with van der Waals surface area (Å²) in [5.74, 6) is 4.44. The normalized spacial score (nSPS) is 20.8. The van der Waals surface area contributed by atoms with E-state index < -0.39 is 0 Å². The number of nitrogens with one attached hydrogen (secondary N) is 1. The number of furan rings is 1. The highest BCUT2D eigenvalue weighted by Gasteiger charge is 2.15. The fraction of sp³-hybridized carbons (Fsp3) is 0.636. The van der Waals surface area contributed by atoms with Crippen LogP contribution >= 0.6 is 11.8 Å². The molecule has 0 spiro atoms. The summed E-state index contributed by atoms with van der Waals surface area (Å²) in [5, 5.41) is 3.40. The molecule has 2 nitrogen and oxygen atoms in total. The molecule has 1 aromatic heterocycles. The first-order valence-electron chi connectivity index (χ1n) is 5.27. The van der Waals surface area contributed by atoms with Crippen molar-refractivity contribution in [3.05, 3.63) is 23.7 Å². The minimum atomic E-state index is 0.751. The monoisotopic (exact) mass is 211 g/mol. The molecule has 2 rings (SSSR count). The van der Waals surface area contributed by atoms with Gasteiger partial charge in [-0.05, 0) is 25.1 Å². The van der Waals surface area contributed by atoms with Gasteiger partial charge in [0, 0.05) is 18.2 Å². The molecule has 1 unspecified atom stereocenters. The molecule has 0 aromatic carbocycles. The summed E-state index contributed by atoms with van der Waals surface area (Å²) in [6, 6.07) is 4.93. The Kier molecular flexibility index (Phi) is 3.54. The second-order valence-electron chi connectivity index (χ2n) is 3.68. The van der Waals surface area contributed by atoms with E-state index in [2.05, 4.69) is 24.4 Å². The Morgan fingerprint density at radius 2 is 2.29 bits per heavy atom. The maximum absolute atomic E-state index is 5.63. The van der Waals surface area contributed by atoms with Crippen LogP contribution < -0.4 is 5.32 Å². The van der Waals surface area contributed by atoms with Crippen molar-refractivity contribution < 1.29 is 4.42 Å². The van der Waals surface area contributed by atoms with Crippen LogP contribution in [0, 0.1) is 0 Å². The van der Waals surface area contributed by atoms with Crippen molar-refractivity contribution in [3.63, 3.8) is 0 Å². The highest BCUT2D eigenvalue weighted by Crippen LogP contribution is 2.18. The van der Waals surface area contributed by atoms with Crippen molar-refractivity contribution in [2.75, 3.05) is 12.3 Å². The fourth-order valence-electron chi connectivity index (χ4n) is 1.48. The number of hydrogen-bond donors (Lipinski definition) is 1. The van der Waals surface area contributed by atoms with Gasteiger partial charge in [-0.2, -0.15) is 11.8 Å². The van der Waals surface area contributed by atoms with E-state index in [1.807, 2.05) is 11.8 Å². The van der Waals surface area contributed by atoms with Crippen LogP contribution in [-0.4, -0.2) is 18.3 Å². The highest BCUT2D eigenvalue weighted by atomic mass is 32.2.